The molecule has 0 spiro atoms. The van der Waals surface area contributed by atoms with E-state index >= 15 is 0 Å². The monoisotopic (exact) mass is 420 g/mol. The quantitative estimate of drug-likeness (QED) is 0.193. The van der Waals surface area contributed by atoms with E-state index in [4.69, 9.17) is 4.52 Å². The van der Waals surface area contributed by atoms with Crippen molar-refractivity contribution < 1.29 is 28.3 Å². The van der Waals surface area contributed by atoms with E-state index in [0.717, 1.165) is 12.8 Å². The SMILES string of the molecule is CCCCCCCCCCCCCCCCCCCC1(O)OP2(=O)OC1(O)O2. The zero-order valence-electron chi connectivity index (χ0n) is 17.7. The highest BCUT2D eigenvalue weighted by Crippen LogP contribution is 2.76. The van der Waals surface area contributed by atoms with Crippen molar-refractivity contribution in [2.24, 2.45) is 0 Å². The Labute approximate surface area is 171 Å². The summed E-state index contributed by atoms with van der Waals surface area (Å²) in [7, 11) is -3.68. The molecule has 0 saturated carbocycles. The van der Waals surface area contributed by atoms with Crippen molar-refractivity contribution in [2.45, 2.75) is 134 Å². The van der Waals surface area contributed by atoms with Crippen molar-refractivity contribution in [3.8, 4) is 0 Å². The summed E-state index contributed by atoms with van der Waals surface area (Å²) in [4.78, 5) is 0. The molecule has 3 aliphatic heterocycles. The van der Waals surface area contributed by atoms with Crippen LogP contribution in [0, 0.1) is 0 Å². The van der Waals surface area contributed by atoms with Gasteiger partial charge in [-0.1, -0.05) is 110 Å². The van der Waals surface area contributed by atoms with Crippen LogP contribution in [0.15, 0.2) is 0 Å². The summed E-state index contributed by atoms with van der Waals surface area (Å²) in [5.41, 5.74) is 0. The Hall–Kier alpha value is 0.0300. The van der Waals surface area contributed by atoms with Crippen LogP contribution in [0.1, 0.15) is 122 Å². The molecule has 2 bridgehead atoms. The van der Waals surface area contributed by atoms with Gasteiger partial charge in [0.25, 0.3) is 5.79 Å². The number of phosphoric ester groups is 1. The molecule has 0 radical (unpaired) electrons. The van der Waals surface area contributed by atoms with Crippen molar-refractivity contribution in [1.29, 1.82) is 0 Å². The second-order valence-corrected chi connectivity index (χ2v) is 9.94. The van der Waals surface area contributed by atoms with Gasteiger partial charge in [0.2, 0.25) is 0 Å². The van der Waals surface area contributed by atoms with Crippen LogP contribution in [0.5, 0.6) is 0 Å². The summed E-state index contributed by atoms with van der Waals surface area (Å²) in [6, 6.07) is 0. The first-order chi connectivity index (χ1) is 13.4. The summed E-state index contributed by atoms with van der Waals surface area (Å²) in [6.07, 6.45) is 21.9. The third-order valence-corrected chi connectivity index (χ3v) is 7.31. The first-order valence-corrected chi connectivity index (χ1v) is 13.1. The van der Waals surface area contributed by atoms with Crippen LogP contribution in [0.4, 0.5) is 0 Å². The maximum Gasteiger partial charge on any atom is 0.486 e. The van der Waals surface area contributed by atoms with E-state index in [1.54, 1.807) is 0 Å². The van der Waals surface area contributed by atoms with Gasteiger partial charge in [-0.25, -0.2) is 18.1 Å². The maximum atomic E-state index is 11.5. The summed E-state index contributed by atoms with van der Waals surface area (Å²) >= 11 is 0. The van der Waals surface area contributed by atoms with E-state index in [9.17, 15) is 14.8 Å². The fourth-order valence-electron chi connectivity index (χ4n) is 4.03. The molecule has 3 heterocycles. The molecule has 1 unspecified atom stereocenters. The Morgan fingerprint density at radius 2 is 0.964 bits per heavy atom. The molecule has 1 atom stereocenters. The molecule has 0 aromatic carbocycles. The molecule has 2 N–H and O–H groups in total. The smallest absolute Gasteiger partial charge is 0.359 e. The van der Waals surface area contributed by atoms with Gasteiger partial charge in [0.05, 0.1) is 0 Å². The number of hydrogen-bond acceptors (Lipinski definition) is 6. The van der Waals surface area contributed by atoms with Crippen LogP contribution < -0.4 is 0 Å². The van der Waals surface area contributed by atoms with Gasteiger partial charge in [-0.15, -0.1) is 0 Å². The normalized spacial score (nSPS) is 31.2. The Morgan fingerprint density at radius 3 is 1.29 bits per heavy atom. The molecule has 3 fully saturated rings. The predicted molar refractivity (Wildman–Crippen MR) is 110 cm³/mol. The Morgan fingerprint density at radius 1 is 0.607 bits per heavy atom. The fraction of sp³-hybridized carbons (Fsp3) is 1.00. The molecule has 7 heteroatoms. The molecule has 0 aliphatic carbocycles. The lowest BCUT2D eigenvalue weighted by Crippen LogP contribution is -2.53. The summed E-state index contributed by atoms with van der Waals surface area (Å²) < 4.78 is 25.6. The van der Waals surface area contributed by atoms with Crippen LogP contribution in [0.25, 0.3) is 0 Å². The van der Waals surface area contributed by atoms with Crippen molar-refractivity contribution in [3.63, 3.8) is 0 Å². The number of rotatable bonds is 18. The zero-order valence-corrected chi connectivity index (χ0v) is 18.6. The summed E-state index contributed by atoms with van der Waals surface area (Å²) in [6.45, 7) is 2.27. The van der Waals surface area contributed by atoms with Gasteiger partial charge in [-0.2, -0.15) is 0 Å². The average Bonchev–Trinajstić information content (AvgIpc) is 2.95. The lowest BCUT2D eigenvalue weighted by molar-refractivity contribution is -0.395. The third kappa shape index (κ3) is 7.37. The Balaban J connectivity index is 1.30. The average molecular weight is 421 g/mol. The molecule has 0 aromatic heterocycles. The third-order valence-electron chi connectivity index (χ3n) is 5.85. The minimum atomic E-state index is -3.68. The van der Waals surface area contributed by atoms with Crippen LogP contribution in [0.3, 0.4) is 0 Å². The number of unbranched alkanes of at least 4 members (excludes halogenated alkanes) is 16. The Bertz CT molecular complexity index is 476. The lowest BCUT2D eigenvalue weighted by Gasteiger charge is -2.33. The minimum Gasteiger partial charge on any atom is -0.359 e. The zero-order chi connectivity index (χ0) is 20.3. The van der Waals surface area contributed by atoms with Crippen molar-refractivity contribution in [2.75, 3.05) is 0 Å². The van der Waals surface area contributed by atoms with Gasteiger partial charge < -0.3 is 10.2 Å². The van der Waals surface area contributed by atoms with E-state index in [-0.39, 0.29) is 6.42 Å². The maximum absolute atomic E-state index is 11.5. The second kappa shape index (κ2) is 12.0. The van der Waals surface area contributed by atoms with Crippen molar-refractivity contribution in [1.82, 2.24) is 0 Å². The first-order valence-electron chi connectivity index (χ1n) is 11.6. The Kier molecular flexibility index (Phi) is 10.4. The molecule has 166 valence electrons. The number of hydrogen-bond donors (Lipinski definition) is 2. The highest BCUT2D eigenvalue weighted by molar-refractivity contribution is 7.50. The molecule has 3 saturated heterocycles. The van der Waals surface area contributed by atoms with Crippen LogP contribution >= 0.6 is 7.82 Å². The van der Waals surface area contributed by atoms with Gasteiger partial charge in [0, 0.05) is 6.42 Å². The highest BCUT2D eigenvalue weighted by Gasteiger charge is 2.79. The molecule has 28 heavy (non-hydrogen) atoms. The first kappa shape index (κ1) is 24.3. The van der Waals surface area contributed by atoms with Crippen molar-refractivity contribution in [3.05, 3.63) is 0 Å². The number of aliphatic hydroxyl groups is 2. The van der Waals surface area contributed by atoms with E-state index in [1.807, 2.05) is 0 Å². The molecule has 0 amide bonds. The number of fused-ring (bicyclic) bond motifs is 1. The van der Waals surface area contributed by atoms with Crippen LogP contribution in [0.2, 0.25) is 0 Å². The van der Waals surface area contributed by atoms with E-state index in [0.29, 0.717) is 6.42 Å². The lowest BCUT2D eigenvalue weighted by atomic mass is 10.0. The van der Waals surface area contributed by atoms with E-state index < -0.39 is 19.6 Å². The van der Waals surface area contributed by atoms with Gasteiger partial charge in [0.1, 0.15) is 0 Å². The standard InChI is InChI=1S/C21H41O6P/c1-2-3-4-5-6-7-8-9-10-11-12-13-14-15-16-17-18-19-20(22)21(23)26-28(24,25-20)27-21/h22-23H,2-19H2,1H3. The summed E-state index contributed by atoms with van der Waals surface area (Å²) in [5.74, 6) is -4.23. The molecule has 0 aromatic rings. The minimum absolute atomic E-state index is 0.159. The topological polar surface area (TPSA) is 85.2 Å². The highest BCUT2D eigenvalue weighted by atomic mass is 31.2. The molecular weight excluding hydrogens is 379 g/mol. The number of phosphoric acid groups is 1. The van der Waals surface area contributed by atoms with Gasteiger partial charge in [-0.3, -0.25) is 0 Å². The predicted octanol–water partition coefficient (Wildman–Crippen LogP) is 6.55. The van der Waals surface area contributed by atoms with Crippen molar-refractivity contribution >= 4 is 7.82 Å². The second-order valence-electron chi connectivity index (χ2n) is 8.49. The van der Waals surface area contributed by atoms with E-state index in [1.165, 1.54) is 89.9 Å². The fourth-order valence-corrected chi connectivity index (χ4v) is 5.58. The largest absolute Gasteiger partial charge is 0.486 e. The molecule has 3 rings (SSSR count). The van der Waals surface area contributed by atoms with Gasteiger partial charge in [-0.05, 0) is 6.42 Å². The van der Waals surface area contributed by atoms with Gasteiger partial charge >= 0.3 is 13.8 Å². The van der Waals surface area contributed by atoms with Gasteiger partial charge in [0.15, 0.2) is 0 Å². The van der Waals surface area contributed by atoms with E-state index in [2.05, 4.69) is 16.0 Å². The molecule has 3 aliphatic rings. The molecule has 6 nitrogen and oxygen atoms in total. The van der Waals surface area contributed by atoms with Crippen LogP contribution in [-0.4, -0.2) is 22.0 Å². The summed E-state index contributed by atoms with van der Waals surface area (Å²) in [5, 5.41) is 19.9. The van der Waals surface area contributed by atoms with Crippen LogP contribution in [-0.2, 0) is 18.1 Å². The molecular formula is C21H41O6P.